The summed E-state index contributed by atoms with van der Waals surface area (Å²) >= 11 is 0. The number of carbonyl (C=O) groups excluding carboxylic acids is 2. The van der Waals surface area contributed by atoms with E-state index in [1.165, 1.54) is 6.92 Å². The fourth-order valence-electron chi connectivity index (χ4n) is 0.309. The van der Waals surface area contributed by atoms with Gasteiger partial charge in [-0.05, 0) is 6.92 Å². The van der Waals surface area contributed by atoms with Crippen molar-refractivity contribution in [2.75, 3.05) is 6.61 Å². The van der Waals surface area contributed by atoms with Gasteiger partial charge in [0.15, 0.2) is 12.2 Å². The Morgan fingerprint density at radius 2 is 1.58 bits per heavy atom. The van der Waals surface area contributed by atoms with E-state index in [0.29, 0.717) is 0 Å². The van der Waals surface area contributed by atoms with E-state index < -0.39 is 12.2 Å². The molecule has 2 amide bonds. The molecule has 8 heteroatoms. The Hall–Kier alpha value is 0.700. The Morgan fingerprint density at radius 1 is 1.25 bits per heavy atom. The van der Waals surface area contributed by atoms with Crippen molar-refractivity contribution in [2.45, 2.75) is 6.92 Å². The second-order valence-corrected chi connectivity index (χ2v) is 1.24. The number of carboxylic acid groups (broad SMARTS) is 2. The van der Waals surface area contributed by atoms with Crippen LogP contribution >= 0.6 is 0 Å². The largest absolute Gasteiger partial charge is 1.00 e. The minimum atomic E-state index is -1.96. The van der Waals surface area contributed by atoms with E-state index in [0.717, 1.165) is 0 Å². The molecule has 0 unspecified atom stereocenters. The molecule has 0 fully saturated rings. The first-order valence-corrected chi connectivity index (χ1v) is 2.44. The average Bonchev–Trinajstić information content (AvgIpc) is 1.81. The number of hydrogen-bond acceptors (Lipinski definition) is 5. The molecule has 0 N–H and O–H groups in total. The van der Waals surface area contributed by atoms with Crippen LogP contribution in [-0.2, 0) is 4.84 Å². The van der Waals surface area contributed by atoms with Gasteiger partial charge < -0.3 is 19.8 Å². The van der Waals surface area contributed by atoms with Gasteiger partial charge >= 0.3 is 59.1 Å². The van der Waals surface area contributed by atoms with Gasteiger partial charge in [0.1, 0.15) is 0 Å². The molecule has 0 aliphatic heterocycles. The van der Waals surface area contributed by atoms with Crippen LogP contribution in [-0.4, -0.2) is 23.9 Å². The number of imide groups is 1. The molecule has 0 spiro atoms. The molecular formula is C4H5NNa2O5. The topological polar surface area (TPSA) is 92.7 Å². The molecule has 0 bridgehead atoms. The number of amides is 2. The summed E-state index contributed by atoms with van der Waals surface area (Å²) < 4.78 is 0. The maximum atomic E-state index is 9.80. The maximum absolute atomic E-state index is 9.80. The Bertz CT molecular complexity index is 138. The third kappa shape index (κ3) is 7.35. The first kappa shape index (κ1) is 18.5. The molecule has 0 saturated carbocycles. The Balaban J connectivity index is -0.000000405. The predicted molar refractivity (Wildman–Crippen MR) is 24.3 cm³/mol. The van der Waals surface area contributed by atoms with Crippen LogP contribution < -0.4 is 69.3 Å². The molecule has 0 heterocycles. The number of hydroxylamine groups is 2. The number of nitrogens with zero attached hydrogens (tertiary/aromatic N) is 1. The summed E-state index contributed by atoms with van der Waals surface area (Å²) in [5.41, 5.74) is 0. The molecule has 0 aliphatic rings. The molecule has 0 saturated heterocycles. The number of rotatable bonds is 2. The van der Waals surface area contributed by atoms with Crippen LogP contribution in [0.1, 0.15) is 6.92 Å². The van der Waals surface area contributed by atoms with Crippen molar-refractivity contribution in [1.29, 1.82) is 0 Å². The van der Waals surface area contributed by atoms with Gasteiger partial charge in [0.25, 0.3) is 0 Å². The van der Waals surface area contributed by atoms with E-state index in [2.05, 4.69) is 4.84 Å². The second kappa shape index (κ2) is 9.79. The third-order valence-corrected chi connectivity index (χ3v) is 0.590. The van der Waals surface area contributed by atoms with Gasteiger partial charge in [0, 0.05) is 0 Å². The summed E-state index contributed by atoms with van der Waals surface area (Å²) in [6, 6.07) is 0. The summed E-state index contributed by atoms with van der Waals surface area (Å²) in [6.07, 6.45) is -3.91. The number of hydrogen-bond donors (Lipinski definition) is 0. The van der Waals surface area contributed by atoms with Crippen LogP contribution in [0, 0.1) is 0 Å². The fourth-order valence-corrected chi connectivity index (χ4v) is 0.309. The summed E-state index contributed by atoms with van der Waals surface area (Å²) in [5, 5.41) is 19.2. The summed E-state index contributed by atoms with van der Waals surface area (Å²) in [4.78, 5) is 23.7. The molecule has 0 atom stereocenters. The van der Waals surface area contributed by atoms with Crippen molar-refractivity contribution >= 4 is 12.2 Å². The molecule has 0 aromatic carbocycles. The third-order valence-electron chi connectivity index (χ3n) is 0.590. The summed E-state index contributed by atoms with van der Waals surface area (Å²) in [7, 11) is 0. The van der Waals surface area contributed by atoms with Gasteiger partial charge in [0.2, 0.25) is 0 Å². The smallest absolute Gasteiger partial charge is 0.528 e. The second-order valence-electron chi connectivity index (χ2n) is 1.24. The van der Waals surface area contributed by atoms with E-state index in [1.54, 1.807) is 0 Å². The van der Waals surface area contributed by atoms with E-state index in [1.807, 2.05) is 0 Å². The SMILES string of the molecule is CCON(C(=O)[O-])C(=O)[O-].[Na+].[Na+]. The van der Waals surface area contributed by atoms with Crippen LogP contribution in [0.4, 0.5) is 9.59 Å². The van der Waals surface area contributed by atoms with Crippen molar-refractivity contribution in [1.82, 2.24) is 5.06 Å². The average molecular weight is 193 g/mol. The Kier molecular flexibility index (Phi) is 15.1. The van der Waals surface area contributed by atoms with Gasteiger partial charge in [-0.2, -0.15) is 5.06 Å². The van der Waals surface area contributed by atoms with Crippen LogP contribution in [0.2, 0.25) is 0 Å². The van der Waals surface area contributed by atoms with Crippen molar-refractivity contribution in [3.8, 4) is 0 Å². The van der Waals surface area contributed by atoms with Crippen molar-refractivity contribution < 1.29 is 83.8 Å². The quantitative estimate of drug-likeness (QED) is 0.320. The molecule has 0 rings (SSSR count). The minimum absolute atomic E-state index is 0. The van der Waals surface area contributed by atoms with Gasteiger partial charge in [-0.15, -0.1) is 0 Å². The van der Waals surface area contributed by atoms with E-state index >= 15 is 0 Å². The minimum Gasteiger partial charge on any atom is -0.528 e. The standard InChI is InChI=1S/C4H7NO5.2Na/c1-2-10-5(3(6)7)4(8)9;;/h2H2,1H3,(H,6,7)(H,8,9);;/q;2*+1/p-2. The van der Waals surface area contributed by atoms with Crippen LogP contribution in [0.5, 0.6) is 0 Å². The van der Waals surface area contributed by atoms with E-state index in [9.17, 15) is 19.8 Å². The summed E-state index contributed by atoms with van der Waals surface area (Å²) in [6.45, 7) is 1.35. The molecule has 12 heavy (non-hydrogen) atoms. The first-order valence-electron chi connectivity index (χ1n) is 2.44. The molecule has 6 nitrogen and oxygen atoms in total. The van der Waals surface area contributed by atoms with Gasteiger partial charge in [0.05, 0.1) is 6.61 Å². The first-order chi connectivity index (χ1) is 4.59. The van der Waals surface area contributed by atoms with Crippen LogP contribution in [0.3, 0.4) is 0 Å². The van der Waals surface area contributed by atoms with Gasteiger partial charge in [-0.1, -0.05) is 0 Å². The van der Waals surface area contributed by atoms with Gasteiger partial charge in [-0.3, -0.25) is 4.84 Å². The van der Waals surface area contributed by atoms with Crippen LogP contribution in [0.15, 0.2) is 0 Å². The van der Waals surface area contributed by atoms with E-state index in [-0.39, 0.29) is 70.8 Å². The molecule has 0 aliphatic carbocycles. The fraction of sp³-hybridized carbons (Fsp3) is 0.500. The number of carbonyl (C=O) groups is 2. The zero-order valence-corrected chi connectivity index (χ0v) is 11.2. The van der Waals surface area contributed by atoms with Gasteiger partial charge in [-0.25, -0.2) is 0 Å². The molecule has 0 aromatic rings. The van der Waals surface area contributed by atoms with E-state index in [4.69, 9.17) is 0 Å². The Labute approximate surface area is 113 Å². The van der Waals surface area contributed by atoms with Crippen molar-refractivity contribution in [3.05, 3.63) is 0 Å². The normalized spacial score (nSPS) is 7.42. The molecule has 0 radical (unpaired) electrons. The van der Waals surface area contributed by atoms with Crippen molar-refractivity contribution in [2.24, 2.45) is 0 Å². The van der Waals surface area contributed by atoms with Crippen LogP contribution in [0.25, 0.3) is 0 Å². The predicted octanol–water partition coefficient (Wildman–Crippen LogP) is -8.07. The maximum Gasteiger partial charge on any atom is 1.00 e. The molecule has 58 valence electrons. The molecule has 0 aromatic heterocycles. The zero-order valence-electron chi connectivity index (χ0n) is 7.20. The van der Waals surface area contributed by atoms with Crippen molar-refractivity contribution in [3.63, 3.8) is 0 Å². The molecular weight excluding hydrogens is 188 g/mol. The monoisotopic (exact) mass is 193 g/mol. The Morgan fingerprint density at radius 3 is 1.67 bits per heavy atom. The summed E-state index contributed by atoms with van der Waals surface area (Å²) in [5.74, 6) is 0. The zero-order chi connectivity index (χ0) is 8.15.